The molecular formula is C30H45N5O7S. The molecule has 0 heterocycles. The number of rotatable bonds is 11. The van der Waals surface area contributed by atoms with Gasteiger partial charge in [0.1, 0.15) is 18.4 Å². The van der Waals surface area contributed by atoms with Crippen molar-refractivity contribution in [2.45, 2.75) is 89.3 Å². The fourth-order valence-electron chi connectivity index (χ4n) is 4.66. The number of aliphatic carboxylic acids is 1. The minimum atomic E-state index is -4.01. The highest BCUT2D eigenvalue weighted by Gasteiger charge is 2.24. The number of alkyl carbamates (subject to hydrolysis) is 1. The number of carbonyl (C=O) groups is 2. The van der Waals surface area contributed by atoms with E-state index in [-0.39, 0.29) is 36.8 Å². The Morgan fingerprint density at radius 2 is 1.74 bits per heavy atom. The number of methoxy groups -OCH3 is 1. The van der Waals surface area contributed by atoms with Crippen molar-refractivity contribution >= 4 is 28.0 Å². The van der Waals surface area contributed by atoms with E-state index >= 15 is 0 Å². The van der Waals surface area contributed by atoms with Crippen LogP contribution in [0.15, 0.2) is 46.3 Å². The molecule has 0 bridgehead atoms. The first-order valence-electron chi connectivity index (χ1n) is 14.3. The van der Waals surface area contributed by atoms with Gasteiger partial charge in [0.2, 0.25) is 5.96 Å². The molecule has 1 atom stereocenters. The molecule has 0 spiro atoms. The van der Waals surface area contributed by atoms with Crippen LogP contribution in [0.2, 0.25) is 0 Å². The molecule has 1 aliphatic carbocycles. The maximum absolute atomic E-state index is 12.9. The van der Waals surface area contributed by atoms with Crippen LogP contribution in [0, 0.1) is 20.8 Å². The Kier molecular flexibility index (Phi) is 14.2. The zero-order chi connectivity index (χ0) is 32.0. The van der Waals surface area contributed by atoms with Gasteiger partial charge in [-0.25, -0.2) is 22.7 Å². The highest BCUT2D eigenvalue weighted by molar-refractivity contribution is 7.90. The van der Waals surface area contributed by atoms with E-state index in [0.29, 0.717) is 28.5 Å². The number of nitrogens with zero attached hydrogens (tertiary/aromatic N) is 1. The predicted octanol–water partition coefficient (Wildman–Crippen LogP) is 3.65. The van der Waals surface area contributed by atoms with Gasteiger partial charge in [0, 0.05) is 12.6 Å². The first-order valence-corrected chi connectivity index (χ1v) is 15.8. The fraction of sp³-hybridized carbons (Fsp3) is 0.500. The molecule has 1 saturated carbocycles. The Morgan fingerprint density at radius 3 is 2.30 bits per heavy atom. The number of ether oxygens (including phenoxy) is 2. The minimum Gasteiger partial charge on any atom is -0.496 e. The Morgan fingerprint density at radius 1 is 1.09 bits per heavy atom. The smallest absolute Gasteiger partial charge is 0.408 e. The molecule has 3 rings (SSSR count). The van der Waals surface area contributed by atoms with Crippen molar-refractivity contribution in [2.75, 3.05) is 13.7 Å². The summed E-state index contributed by atoms with van der Waals surface area (Å²) in [6.07, 6.45) is 6.06. The number of carboxylic acids is 1. The second-order valence-electron chi connectivity index (χ2n) is 10.5. The highest BCUT2D eigenvalue weighted by atomic mass is 32.2. The number of benzene rings is 2. The molecule has 12 nitrogen and oxygen atoms in total. The van der Waals surface area contributed by atoms with Crippen LogP contribution in [0.1, 0.15) is 67.2 Å². The van der Waals surface area contributed by atoms with Crippen LogP contribution in [-0.4, -0.2) is 57.3 Å². The van der Waals surface area contributed by atoms with Crippen LogP contribution in [0.25, 0.3) is 0 Å². The lowest BCUT2D eigenvalue weighted by molar-refractivity contribution is -0.139. The molecule has 0 radical (unpaired) electrons. The van der Waals surface area contributed by atoms with E-state index in [1.54, 1.807) is 51.1 Å². The lowest BCUT2D eigenvalue weighted by atomic mass is 9.97. The molecule has 43 heavy (non-hydrogen) atoms. The molecule has 1 unspecified atom stereocenters. The average Bonchev–Trinajstić information content (AvgIpc) is 2.96. The summed E-state index contributed by atoms with van der Waals surface area (Å²) < 4.78 is 38.4. The molecule has 2 aromatic carbocycles. The Labute approximate surface area is 254 Å². The molecule has 0 aromatic heterocycles. The lowest BCUT2D eigenvalue weighted by Crippen LogP contribution is -2.41. The van der Waals surface area contributed by atoms with Crippen molar-refractivity contribution in [1.29, 1.82) is 0 Å². The lowest BCUT2D eigenvalue weighted by Gasteiger charge is -2.17. The maximum atomic E-state index is 12.9. The number of amides is 1. The summed E-state index contributed by atoms with van der Waals surface area (Å²) in [5.41, 5.74) is 13.9. The Hall–Kier alpha value is -3.84. The van der Waals surface area contributed by atoms with Crippen molar-refractivity contribution in [2.24, 2.45) is 16.5 Å². The van der Waals surface area contributed by atoms with E-state index in [2.05, 4.69) is 15.0 Å². The minimum absolute atomic E-state index is 0.00660. The first-order chi connectivity index (χ1) is 20.4. The summed E-state index contributed by atoms with van der Waals surface area (Å²) in [7, 11) is -2.50. The standard InChI is InChI=1S/C24H32N4O7S.C6H13N/c1-15-13-20(34-4)16(2)17(3)21(15)36(32,33)28-23(25)26-12-8-11-19(22(29)30)27-24(31)35-14-18-9-6-5-7-10-18;7-6-4-2-1-3-5-6/h5-7,9-10,13,19H,8,11-12,14H2,1-4H3,(H,27,31)(H,29,30)(H3,25,26,28);6H,1-5,7H2. The van der Waals surface area contributed by atoms with E-state index in [1.165, 1.54) is 39.2 Å². The van der Waals surface area contributed by atoms with Crippen LogP contribution < -0.4 is 26.2 Å². The second-order valence-corrected chi connectivity index (χ2v) is 12.1. The van der Waals surface area contributed by atoms with Gasteiger partial charge in [0.05, 0.1) is 12.0 Å². The van der Waals surface area contributed by atoms with Crippen LogP contribution in [-0.2, 0) is 26.2 Å². The molecule has 1 aliphatic rings. The van der Waals surface area contributed by atoms with Crippen molar-refractivity contribution in [1.82, 2.24) is 10.0 Å². The van der Waals surface area contributed by atoms with Gasteiger partial charge in [-0.1, -0.05) is 49.6 Å². The number of carboxylic acid groups (broad SMARTS) is 1. The molecule has 0 saturated heterocycles. The average molecular weight is 620 g/mol. The number of hydrogen-bond donors (Lipinski definition) is 5. The van der Waals surface area contributed by atoms with E-state index < -0.39 is 28.1 Å². The van der Waals surface area contributed by atoms with Crippen LogP contribution >= 0.6 is 0 Å². The maximum Gasteiger partial charge on any atom is 0.408 e. The fourth-order valence-corrected chi connectivity index (χ4v) is 6.14. The number of aliphatic imine (C=N–C) groups is 1. The summed E-state index contributed by atoms with van der Waals surface area (Å²) in [4.78, 5) is 27.5. The van der Waals surface area contributed by atoms with Crippen molar-refractivity contribution in [3.63, 3.8) is 0 Å². The molecule has 13 heteroatoms. The van der Waals surface area contributed by atoms with Gasteiger partial charge < -0.3 is 31.4 Å². The van der Waals surface area contributed by atoms with E-state index in [9.17, 15) is 23.1 Å². The van der Waals surface area contributed by atoms with Gasteiger partial charge >= 0.3 is 12.1 Å². The zero-order valence-electron chi connectivity index (χ0n) is 25.4. The largest absolute Gasteiger partial charge is 0.496 e. The van der Waals surface area contributed by atoms with Gasteiger partial charge in [-0.2, -0.15) is 0 Å². The number of hydrogen-bond acceptors (Lipinski definition) is 8. The predicted molar refractivity (Wildman–Crippen MR) is 165 cm³/mol. The van der Waals surface area contributed by atoms with E-state index in [1.807, 2.05) is 6.07 Å². The molecule has 238 valence electrons. The normalized spacial score (nSPS) is 14.6. The van der Waals surface area contributed by atoms with Gasteiger partial charge in [0.25, 0.3) is 10.0 Å². The third-order valence-electron chi connectivity index (χ3n) is 7.09. The molecule has 1 fully saturated rings. The molecule has 1 amide bonds. The Bertz CT molecular complexity index is 1340. The second kappa shape index (κ2) is 17.3. The number of guanidine groups is 1. The van der Waals surface area contributed by atoms with Crippen LogP contribution in [0.3, 0.4) is 0 Å². The van der Waals surface area contributed by atoms with Gasteiger partial charge in [0.15, 0.2) is 0 Å². The summed E-state index contributed by atoms with van der Waals surface area (Å²) in [6.45, 7) is 5.14. The quantitative estimate of drug-likeness (QED) is 0.142. The summed E-state index contributed by atoms with van der Waals surface area (Å²) in [6, 6.07) is 9.93. The summed E-state index contributed by atoms with van der Waals surface area (Å²) in [5.74, 6) is -0.981. The molecule has 7 N–H and O–H groups in total. The molecule has 2 aromatic rings. The molecule has 0 aliphatic heterocycles. The monoisotopic (exact) mass is 619 g/mol. The van der Waals surface area contributed by atoms with Crippen LogP contribution in [0.5, 0.6) is 5.75 Å². The van der Waals surface area contributed by atoms with Crippen LogP contribution in [0.4, 0.5) is 4.79 Å². The number of nitrogens with one attached hydrogen (secondary N) is 2. The van der Waals surface area contributed by atoms with Gasteiger partial charge in [-0.3, -0.25) is 4.99 Å². The number of sulfonamides is 1. The zero-order valence-corrected chi connectivity index (χ0v) is 26.2. The summed E-state index contributed by atoms with van der Waals surface area (Å²) in [5, 5.41) is 11.7. The molecular weight excluding hydrogens is 574 g/mol. The van der Waals surface area contributed by atoms with Crippen molar-refractivity contribution in [3.8, 4) is 5.75 Å². The Balaban J connectivity index is 0.000000804. The first kappa shape index (κ1) is 35.4. The van der Waals surface area contributed by atoms with Crippen molar-refractivity contribution in [3.05, 3.63) is 58.7 Å². The highest BCUT2D eigenvalue weighted by Crippen LogP contribution is 2.30. The van der Waals surface area contributed by atoms with Gasteiger partial charge in [-0.15, -0.1) is 0 Å². The third-order valence-corrected chi connectivity index (χ3v) is 8.74. The number of nitrogens with two attached hydrogens (primary N) is 2. The van der Waals surface area contributed by atoms with Gasteiger partial charge in [-0.05, 0) is 74.8 Å². The summed E-state index contributed by atoms with van der Waals surface area (Å²) >= 11 is 0. The number of aryl methyl sites for hydroxylation is 1. The number of carbonyl (C=O) groups excluding carboxylic acids is 1. The SMILES string of the molecule is COc1cc(C)c(S(=O)(=O)NC(N)=NCCCC(NC(=O)OCc2ccccc2)C(=O)O)c(C)c1C.NC1CCCCC1. The van der Waals surface area contributed by atoms with E-state index in [4.69, 9.17) is 20.9 Å². The van der Waals surface area contributed by atoms with E-state index in [0.717, 1.165) is 5.56 Å². The third kappa shape index (κ3) is 11.8. The topological polar surface area (TPSA) is 195 Å². The van der Waals surface area contributed by atoms with Crippen molar-refractivity contribution < 1.29 is 32.6 Å².